The molecule has 0 aliphatic rings. The summed E-state index contributed by atoms with van der Waals surface area (Å²) >= 11 is 1.91. The molecule has 1 aromatic carbocycles. The van der Waals surface area contributed by atoms with E-state index in [1.807, 2.05) is 11.8 Å². The molecule has 0 saturated carbocycles. The molecule has 1 rings (SSSR count). The van der Waals surface area contributed by atoms with Gasteiger partial charge in [0, 0.05) is 10.9 Å². The van der Waals surface area contributed by atoms with Gasteiger partial charge in [0.15, 0.2) is 0 Å². The van der Waals surface area contributed by atoms with Crippen LogP contribution in [0.1, 0.15) is 38.3 Å². The highest BCUT2D eigenvalue weighted by Gasteiger charge is 2.02. The predicted molar refractivity (Wildman–Crippen MR) is 64.7 cm³/mol. The molecule has 2 heteroatoms. The topological polar surface area (TPSA) is 26.0 Å². The molecule has 0 radical (unpaired) electrons. The molecule has 2 N–H and O–H groups in total. The van der Waals surface area contributed by atoms with Crippen molar-refractivity contribution in [3.8, 4) is 0 Å². The standard InChI is InChI=1S/C12H19NS/c1-3-9-14-11-7-5-10(6-8-11)12(13)4-2/h5-8,12H,3-4,9,13H2,1-2H3/t12-/m1/s1. The molecule has 0 unspecified atom stereocenters. The number of benzene rings is 1. The van der Waals surface area contributed by atoms with Crippen LogP contribution in [0.2, 0.25) is 0 Å². The van der Waals surface area contributed by atoms with Crippen LogP contribution in [0.25, 0.3) is 0 Å². The molecule has 0 saturated heterocycles. The maximum absolute atomic E-state index is 5.94. The first kappa shape index (κ1) is 11.6. The monoisotopic (exact) mass is 209 g/mol. The minimum Gasteiger partial charge on any atom is -0.324 e. The lowest BCUT2D eigenvalue weighted by Crippen LogP contribution is -2.07. The summed E-state index contributed by atoms with van der Waals surface area (Å²) in [6.07, 6.45) is 2.22. The lowest BCUT2D eigenvalue weighted by molar-refractivity contribution is 0.698. The fourth-order valence-corrected chi connectivity index (χ4v) is 2.04. The quantitative estimate of drug-likeness (QED) is 0.750. The molecule has 1 aromatic rings. The Morgan fingerprint density at radius 3 is 2.36 bits per heavy atom. The Labute approximate surface area is 91.1 Å². The normalized spacial score (nSPS) is 12.8. The Kier molecular flexibility index (Phi) is 5.05. The average molecular weight is 209 g/mol. The summed E-state index contributed by atoms with van der Waals surface area (Å²) in [5.41, 5.74) is 7.18. The summed E-state index contributed by atoms with van der Waals surface area (Å²) in [5.74, 6) is 1.19. The van der Waals surface area contributed by atoms with Gasteiger partial charge in [-0.05, 0) is 36.3 Å². The second kappa shape index (κ2) is 6.10. The van der Waals surface area contributed by atoms with E-state index in [4.69, 9.17) is 5.73 Å². The van der Waals surface area contributed by atoms with E-state index < -0.39 is 0 Å². The van der Waals surface area contributed by atoms with Crippen LogP contribution in [-0.2, 0) is 0 Å². The van der Waals surface area contributed by atoms with Gasteiger partial charge in [0.1, 0.15) is 0 Å². The average Bonchev–Trinajstić information content (AvgIpc) is 2.26. The van der Waals surface area contributed by atoms with E-state index in [-0.39, 0.29) is 6.04 Å². The Bertz CT molecular complexity index is 256. The van der Waals surface area contributed by atoms with E-state index in [1.165, 1.54) is 22.6 Å². The molecular weight excluding hydrogens is 190 g/mol. The van der Waals surface area contributed by atoms with Crippen molar-refractivity contribution in [3.05, 3.63) is 29.8 Å². The van der Waals surface area contributed by atoms with Gasteiger partial charge in [0.25, 0.3) is 0 Å². The van der Waals surface area contributed by atoms with Gasteiger partial charge in [0.2, 0.25) is 0 Å². The third-order valence-electron chi connectivity index (χ3n) is 2.22. The fourth-order valence-electron chi connectivity index (χ4n) is 1.27. The first-order chi connectivity index (χ1) is 6.77. The van der Waals surface area contributed by atoms with Crippen molar-refractivity contribution < 1.29 is 0 Å². The summed E-state index contributed by atoms with van der Waals surface area (Å²) in [6.45, 7) is 4.32. The second-order valence-corrected chi connectivity index (χ2v) is 4.60. The number of thioether (sulfide) groups is 1. The molecular formula is C12H19NS. The summed E-state index contributed by atoms with van der Waals surface area (Å²) in [6, 6.07) is 8.83. The van der Waals surface area contributed by atoms with Gasteiger partial charge in [-0.2, -0.15) is 0 Å². The van der Waals surface area contributed by atoms with Crippen LogP contribution < -0.4 is 5.73 Å². The van der Waals surface area contributed by atoms with Gasteiger partial charge in [-0.1, -0.05) is 26.0 Å². The molecule has 0 aliphatic carbocycles. The molecule has 0 heterocycles. The van der Waals surface area contributed by atoms with Gasteiger partial charge >= 0.3 is 0 Å². The number of hydrogen-bond acceptors (Lipinski definition) is 2. The molecule has 0 aromatic heterocycles. The zero-order valence-corrected chi connectivity index (χ0v) is 9.81. The second-order valence-electron chi connectivity index (χ2n) is 3.43. The number of nitrogens with two attached hydrogens (primary N) is 1. The Balaban J connectivity index is 2.59. The Morgan fingerprint density at radius 1 is 1.21 bits per heavy atom. The predicted octanol–water partition coefficient (Wildman–Crippen LogP) is 3.60. The van der Waals surface area contributed by atoms with E-state index >= 15 is 0 Å². The fraction of sp³-hybridized carbons (Fsp3) is 0.500. The van der Waals surface area contributed by atoms with Gasteiger partial charge in [-0.3, -0.25) is 0 Å². The summed E-state index contributed by atoms with van der Waals surface area (Å²) in [7, 11) is 0. The van der Waals surface area contributed by atoms with E-state index in [2.05, 4.69) is 38.1 Å². The molecule has 1 atom stereocenters. The van der Waals surface area contributed by atoms with Crippen LogP contribution in [0.15, 0.2) is 29.2 Å². The van der Waals surface area contributed by atoms with E-state index in [9.17, 15) is 0 Å². The molecule has 0 fully saturated rings. The zero-order chi connectivity index (χ0) is 10.4. The zero-order valence-electron chi connectivity index (χ0n) is 8.99. The van der Waals surface area contributed by atoms with E-state index in [1.54, 1.807) is 0 Å². The van der Waals surface area contributed by atoms with Crippen LogP contribution in [0.4, 0.5) is 0 Å². The minimum absolute atomic E-state index is 0.195. The molecule has 14 heavy (non-hydrogen) atoms. The van der Waals surface area contributed by atoms with Gasteiger partial charge in [-0.15, -0.1) is 11.8 Å². The van der Waals surface area contributed by atoms with Crippen molar-refractivity contribution in [3.63, 3.8) is 0 Å². The molecule has 0 spiro atoms. The number of hydrogen-bond donors (Lipinski definition) is 1. The highest BCUT2D eigenvalue weighted by atomic mass is 32.2. The first-order valence-electron chi connectivity index (χ1n) is 5.26. The maximum Gasteiger partial charge on any atom is 0.0292 e. The maximum atomic E-state index is 5.94. The van der Waals surface area contributed by atoms with Crippen molar-refractivity contribution in [1.29, 1.82) is 0 Å². The number of rotatable bonds is 5. The van der Waals surface area contributed by atoms with Crippen LogP contribution in [0.3, 0.4) is 0 Å². The van der Waals surface area contributed by atoms with E-state index in [0.29, 0.717) is 0 Å². The molecule has 0 aliphatic heterocycles. The van der Waals surface area contributed by atoms with Crippen LogP contribution in [0.5, 0.6) is 0 Å². The van der Waals surface area contributed by atoms with E-state index in [0.717, 1.165) is 6.42 Å². The van der Waals surface area contributed by atoms with Gasteiger partial charge in [-0.25, -0.2) is 0 Å². The van der Waals surface area contributed by atoms with Crippen molar-refractivity contribution in [2.45, 2.75) is 37.6 Å². The van der Waals surface area contributed by atoms with Crippen LogP contribution >= 0.6 is 11.8 Å². The summed E-state index contributed by atoms with van der Waals surface area (Å²) in [5, 5.41) is 0. The van der Waals surface area contributed by atoms with Crippen LogP contribution in [0, 0.1) is 0 Å². The highest BCUT2D eigenvalue weighted by Crippen LogP contribution is 2.21. The molecule has 1 nitrogen and oxygen atoms in total. The molecule has 0 amide bonds. The lowest BCUT2D eigenvalue weighted by atomic mass is 10.1. The van der Waals surface area contributed by atoms with Crippen molar-refractivity contribution in [2.75, 3.05) is 5.75 Å². The Morgan fingerprint density at radius 2 is 1.86 bits per heavy atom. The lowest BCUT2D eigenvalue weighted by Gasteiger charge is -2.09. The molecule has 0 bridgehead atoms. The minimum atomic E-state index is 0.195. The van der Waals surface area contributed by atoms with Crippen molar-refractivity contribution >= 4 is 11.8 Å². The third-order valence-corrected chi connectivity index (χ3v) is 3.44. The Hall–Kier alpha value is -0.470. The highest BCUT2D eigenvalue weighted by molar-refractivity contribution is 7.99. The third kappa shape index (κ3) is 3.35. The van der Waals surface area contributed by atoms with Crippen molar-refractivity contribution in [2.24, 2.45) is 5.73 Å². The van der Waals surface area contributed by atoms with Crippen molar-refractivity contribution in [1.82, 2.24) is 0 Å². The summed E-state index contributed by atoms with van der Waals surface area (Å²) < 4.78 is 0. The largest absolute Gasteiger partial charge is 0.324 e. The summed E-state index contributed by atoms with van der Waals surface area (Å²) in [4.78, 5) is 1.35. The molecule has 78 valence electrons. The smallest absolute Gasteiger partial charge is 0.0292 e. The van der Waals surface area contributed by atoms with Gasteiger partial charge in [0.05, 0.1) is 0 Å². The SMILES string of the molecule is CCCSc1ccc([C@H](N)CC)cc1. The van der Waals surface area contributed by atoms with Crippen LogP contribution in [-0.4, -0.2) is 5.75 Å². The first-order valence-corrected chi connectivity index (χ1v) is 6.24. The van der Waals surface area contributed by atoms with Gasteiger partial charge < -0.3 is 5.73 Å².